The molecule has 1 fully saturated rings. The molecule has 3 heterocycles. The average Bonchev–Trinajstić information content (AvgIpc) is 3.01. The Morgan fingerprint density at radius 1 is 1.32 bits per heavy atom. The van der Waals surface area contributed by atoms with E-state index in [9.17, 15) is 4.79 Å². The summed E-state index contributed by atoms with van der Waals surface area (Å²) in [7, 11) is 2.00. The molecule has 1 atom stereocenters. The molecule has 0 aliphatic carbocycles. The van der Waals surface area contributed by atoms with Gasteiger partial charge in [-0.15, -0.1) is 0 Å². The predicted octanol–water partition coefficient (Wildman–Crippen LogP) is 1.91. The van der Waals surface area contributed by atoms with Crippen LogP contribution in [0.2, 0.25) is 0 Å². The maximum Gasteiger partial charge on any atom is 0.224 e. The Hall–Kier alpha value is -2.21. The van der Waals surface area contributed by atoms with Gasteiger partial charge in [-0.2, -0.15) is 0 Å². The van der Waals surface area contributed by atoms with Crippen molar-refractivity contribution < 1.29 is 4.79 Å². The van der Waals surface area contributed by atoms with Gasteiger partial charge < -0.3 is 10.3 Å². The largest absolute Gasteiger partial charge is 0.369 e. The van der Waals surface area contributed by atoms with E-state index in [0.717, 1.165) is 63.3 Å². The molecule has 0 bridgehead atoms. The summed E-state index contributed by atoms with van der Waals surface area (Å²) >= 11 is 0. The van der Waals surface area contributed by atoms with Gasteiger partial charge in [-0.25, -0.2) is 4.98 Å². The van der Waals surface area contributed by atoms with Gasteiger partial charge in [0.2, 0.25) is 5.91 Å². The van der Waals surface area contributed by atoms with Crippen LogP contribution in [0.15, 0.2) is 36.8 Å². The Bertz CT molecular complexity index is 699. The molecule has 25 heavy (non-hydrogen) atoms. The molecular weight excluding hydrogens is 314 g/mol. The summed E-state index contributed by atoms with van der Waals surface area (Å²) in [5.41, 5.74) is 6.48. The standard InChI is InChI=1S/C19H27N5O/c1-23-13-11-22-17(23)14-24-12-5-9-19(15-24,18(20)25)8-4-7-16-6-2-3-10-21-16/h2-3,6,10-11,13H,4-5,7-9,12,14-15H2,1H3,(H2,20,25)/t19-/m0/s1. The van der Waals surface area contributed by atoms with Crippen molar-refractivity contribution in [1.82, 2.24) is 19.4 Å². The monoisotopic (exact) mass is 341 g/mol. The molecule has 0 saturated carbocycles. The summed E-state index contributed by atoms with van der Waals surface area (Å²) < 4.78 is 2.03. The number of carbonyl (C=O) groups is 1. The second-order valence-electron chi connectivity index (χ2n) is 7.09. The first-order valence-corrected chi connectivity index (χ1v) is 8.97. The number of amides is 1. The van der Waals surface area contributed by atoms with Crippen LogP contribution in [0.25, 0.3) is 0 Å². The number of nitrogens with two attached hydrogens (primary N) is 1. The molecule has 0 unspecified atom stereocenters. The minimum absolute atomic E-state index is 0.168. The van der Waals surface area contributed by atoms with Crippen LogP contribution in [0.5, 0.6) is 0 Å². The van der Waals surface area contributed by atoms with Crippen molar-refractivity contribution in [2.45, 2.75) is 38.6 Å². The zero-order valence-electron chi connectivity index (χ0n) is 14.9. The summed E-state index contributed by atoms with van der Waals surface area (Å²) in [5, 5.41) is 0. The second kappa shape index (κ2) is 7.78. The van der Waals surface area contributed by atoms with Crippen LogP contribution < -0.4 is 5.73 Å². The highest BCUT2D eigenvalue weighted by Crippen LogP contribution is 2.35. The molecule has 2 aromatic heterocycles. The van der Waals surface area contributed by atoms with Gasteiger partial charge in [0.1, 0.15) is 5.82 Å². The van der Waals surface area contributed by atoms with Crippen molar-refractivity contribution in [3.05, 3.63) is 48.3 Å². The van der Waals surface area contributed by atoms with Crippen LogP contribution in [0.1, 0.15) is 37.2 Å². The van der Waals surface area contributed by atoms with E-state index >= 15 is 0 Å². The predicted molar refractivity (Wildman–Crippen MR) is 96.5 cm³/mol. The minimum atomic E-state index is -0.432. The first-order valence-electron chi connectivity index (χ1n) is 8.97. The highest BCUT2D eigenvalue weighted by molar-refractivity contribution is 5.81. The SMILES string of the molecule is Cn1ccnc1CN1CCC[C@](CCCc2ccccn2)(C(N)=O)C1. The molecule has 134 valence electrons. The fourth-order valence-corrected chi connectivity index (χ4v) is 3.79. The van der Waals surface area contributed by atoms with E-state index in [2.05, 4.69) is 14.9 Å². The Morgan fingerprint density at radius 2 is 2.20 bits per heavy atom. The van der Waals surface area contributed by atoms with E-state index in [4.69, 9.17) is 5.73 Å². The van der Waals surface area contributed by atoms with Crippen molar-refractivity contribution in [2.24, 2.45) is 18.2 Å². The summed E-state index contributed by atoms with van der Waals surface area (Å²) in [5.74, 6) is 0.854. The van der Waals surface area contributed by atoms with Crippen LogP contribution in [0, 0.1) is 5.41 Å². The summed E-state index contributed by atoms with van der Waals surface area (Å²) in [4.78, 5) is 23.4. The van der Waals surface area contributed by atoms with E-state index in [1.54, 1.807) is 0 Å². The number of piperidine rings is 1. The van der Waals surface area contributed by atoms with E-state index < -0.39 is 5.41 Å². The maximum atomic E-state index is 12.3. The molecule has 1 aliphatic rings. The van der Waals surface area contributed by atoms with Gasteiger partial charge in [0.15, 0.2) is 0 Å². The van der Waals surface area contributed by atoms with E-state index in [0.29, 0.717) is 0 Å². The van der Waals surface area contributed by atoms with Gasteiger partial charge in [0.25, 0.3) is 0 Å². The van der Waals surface area contributed by atoms with Crippen molar-refractivity contribution >= 4 is 5.91 Å². The van der Waals surface area contributed by atoms with Gasteiger partial charge in [0.05, 0.1) is 12.0 Å². The van der Waals surface area contributed by atoms with Crippen molar-refractivity contribution in [1.29, 1.82) is 0 Å². The quantitative estimate of drug-likeness (QED) is 0.834. The Kier molecular flexibility index (Phi) is 5.48. The van der Waals surface area contributed by atoms with Crippen LogP contribution in [-0.2, 0) is 24.8 Å². The number of aromatic nitrogens is 3. The molecule has 0 spiro atoms. The number of rotatable bonds is 7. The average molecular weight is 341 g/mol. The molecule has 1 saturated heterocycles. The van der Waals surface area contributed by atoms with E-state index in [-0.39, 0.29) is 5.91 Å². The number of imidazole rings is 1. The number of pyridine rings is 1. The van der Waals surface area contributed by atoms with E-state index in [1.807, 2.05) is 48.4 Å². The van der Waals surface area contributed by atoms with E-state index in [1.165, 1.54) is 0 Å². The number of hydrogen-bond acceptors (Lipinski definition) is 4. The van der Waals surface area contributed by atoms with Crippen molar-refractivity contribution in [3.63, 3.8) is 0 Å². The van der Waals surface area contributed by atoms with Gasteiger partial charge in [0, 0.05) is 37.9 Å². The Morgan fingerprint density at radius 3 is 2.88 bits per heavy atom. The third-order valence-electron chi connectivity index (χ3n) is 5.28. The molecular formula is C19H27N5O. The lowest BCUT2D eigenvalue weighted by atomic mass is 9.75. The number of nitrogens with zero attached hydrogens (tertiary/aromatic N) is 4. The van der Waals surface area contributed by atoms with Gasteiger partial charge in [-0.05, 0) is 50.8 Å². The number of primary amides is 1. The van der Waals surface area contributed by atoms with Gasteiger partial charge in [-0.3, -0.25) is 14.7 Å². The third-order valence-corrected chi connectivity index (χ3v) is 5.28. The first-order chi connectivity index (χ1) is 12.1. The molecule has 2 aromatic rings. The highest BCUT2D eigenvalue weighted by atomic mass is 16.1. The van der Waals surface area contributed by atoms with Crippen LogP contribution in [0.3, 0.4) is 0 Å². The van der Waals surface area contributed by atoms with Gasteiger partial charge in [-0.1, -0.05) is 6.07 Å². The topological polar surface area (TPSA) is 77.0 Å². The Balaban J connectivity index is 1.62. The summed E-state index contributed by atoms with van der Waals surface area (Å²) in [6.07, 6.45) is 10.1. The number of likely N-dealkylation sites (tertiary alicyclic amines) is 1. The molecule has 0 radical (unpaired) electrons. The molecule has 6 nitrogen and oxygen atoms in total. The zero-order chi connectivity index (χ0) is 17.7. The van der Waals surface area contributed by atoms with Crippen molar-refractivity contribution in [2.75, 3.05) is 13.1 Å². The lowest BCUT2D eigenvalue weighted by Crippen LogP contribution is -2.50. The summed E-state index contributed by atoms with van der Waals surface area (Å²) in [6.45, 7) is 2.47. The smallest absolute Gasteiger partial charge is 0.224 e. The lowest BCUT2D eigenvalue weighted by molar-refractivity contribution is -0.131. The number of aryl methyl sites for hydroxylation is 2. The molecule has 1 aliphatic heterocycles. The molecule has 0 aromatic carbocycles. The normalized spacial score (nSPS) is 21.3. The summed E-state index contributed by atoms with van der Waals surface area (Å²) in [6, 6.07) is 5.96. The Labute approximate surface area is 149 Å². The minimum Gasteiger partial charge on any atom is -0.369 e. The van der Waals surface area contributed by atoms with Crippen LogP contribution >= 0.6 is 0 Å². The fraction of sp³-hybridized carbons (Fsp3) is 0.526. The third kappa shape index (κ3) is 4.25. The molecule has 6 heteroatoms. The fourth-order valence-electron chi connectivity index (χ4n) is 3.79. The zero-order valence-corrected chi connectivity index (χ0v) is 14.9. The van der Waals surface area contributed by atoms with Crippen LogP contribution in [0.4, 0.5) is 0 Å². The van der Waals surface area contributed by atoms with Gasteiger partial charge >= 0.3 is 0 Å². The second-order valence-corrected chi connectivity index (χ2v) is 7.09. The number of hydrogen-bond donors (Lipinski definition) is 1. The van der Waals surface area contributed by atoms with Crippen molar-refractivity contribution in [3.8, 4) is 0 Å². The highest BCUT2D eigenvalue weighted by Gasteiger charge is 2.40. The molecule has 2 N–H and O–H groups in total. The maximum absolute atomic E-state index is 12.3. The molecule has 1 amide bonds. The first kappa shape index (κ1) is 17.6. The molecule has 3 rings (SSSR count). The number of carbonyl (C=O) groups excluding carboxylic acids is 1. The lowest BCUT2D eigenvalue weighted by Gasteiger charge is -2.40. The van der Waals surface area contributed by atoms with Crippen LogP contribution in [-0.4, -0.2) is 38.4 Å².